The van der Waals surface area contributed by atoms with E-state index in [2.05, 4.69) is 20.3 Å². The van der Waals surface area contributed by atoms with Crippen LogP contribution in [0.1, 0.15) is 10.4 Å². The van der Waals surface area contributed by atoms with Crippen LogP contribution in [-0.4, -0.2) is 25.4 Å². The van der Waals surface area contributed by atoms with Crippen molar-refractivity contribution < 1.29 is 4.79 Å². The third-order valence-corrected chi connectivity index (χ3v) is 4.57. The Kier molecular flexibility index (Phi) is 4.77. The number of nitrogens with zero attached hydrogens (tertiary/aromatic N) is 4. The standard InChI is InChI=1S/C19H11Cl2N5O2/c20-13-8-22-9-14(21)16(13)25-19(28)12-10-26(15-5-1-2-6-23-15)18-11(17(12)27)4-3-7-24-18/h1-10H,(H,22,25,28). The van der Waals surface area contributed by atoms with Gasteiger partial charge in [-0.25, -0.2) is 9.97 Å². The summed E-state index contributed by atoms with van der Waals surface area (Å²) < 4.78 is 1.58. The Bertz CT molecular complexity index is 1240. The topological polar surface area (TPSA) is 89.8 Å². The number of pyridine rings is 4. The van der Waals surface area contributed by atoms with Crippen molar-refractivity contribution in [2.75, 3.05) is 5.32 Å². The van der Waals surface area contributed by atoms with Crippen LogP contribution < -0.4 is 10.7 Å². The molecule has 0 aliphatic rings. The van der Waals surface area contributed by atoms with Gasteiger partial charge in [0.1, 0.15) is 17.0 Å². The van der Waals surface area contributed by atoms with Crippen molar-refractivity contribution in [1.82, 2.24) is 19.5 Å². The lowest BCUT2D eigenvalue weighted by Crippen LogP contribution is -2.24. The highest BCUT2D eigenvalue weighted by molar-refractivity contribution is 6.39. The molecule has 4 aromatic rings. The Morgan fingerprint density at radius 3 is 2.46 bits per heavy atom. The highest BCUT2D eigenvalue weighted by atomic mass is 35.5. The Hall–Kier alpha value is -3.29. The summed E-state index contributed by atoms with van der Waals surface area (Å²) in [5.41, 5.74) is 0.00492. The van der Waals surface area contributed by atoms with E-state index in [0.29, 0.717) is 11.5 Å². The fraction of sp³-hybridized carbons (Fsp3) is 0. The Labute approximate surface area is 168 Å². The molecule has 0 fully saturated rings. The molecule has 0 saturated heterocycles. The second-order valence-electron chi connectivity index (χ2n) is 5.74. The van der Waals surface area contributed by atoms with Gasteiger partial charge >= 0.3 is 0 Å². The summed E-state index contributed by atoms with van der Waals surface area (Å²) in [6, 6.07) is 8.54. The number of amides is 1. The van der Waals surface area contributed by atoms with Crippen LogP contribution in [0, 0.1) is 0 Å². The SMILES string of the molecule is O=C(Nc1c(Cl)cncc1Cl)c1cn(-c2ccccn2)c2ncccc2c1=O. The highest BCUT2D eigenvalue weighted by Gasteiger charge is 2.19. The monoisotopic (exact) mass is 411 g/mol. The highest BCUT2D eigenvalue weighted by Crippen LogP contribution is 2.29. The number of rotatable bonds is 3. The molecule has 0 aliphatic heterocycles. The molecule has 28 heavy (non-hydrogen) atoms. The lowest BCUT2D eigenvalue weighted by Gasteiger charge is -2.13. The van der Waals surface area contributed by atoms with Gasteiger partial charge in [0.2, 0.25) is 5.43 Å². The first kappa shape index (κ1) is 18.1. The Morgan fingerprint density at radius 2 is 1.75 bits per heavy atom. The third kappa shape index (κ3) is 3.21. The van der Waals surface area contributed by atoms with E-state index in [0.717, 1.165) is 0 Å². The van der Waals surface area contributed by atoms with Gasteiger partial charge in [-0.05, 0) is 24.3 Å². The first-order valence-electron chi connectivity index (χ1n) is 8.08. The minimum absolute atomic E-state index is 0.102. The van der Waals surface area contributed by atoms with Gasteiger partial charge in [0.25, 0.3) is 5.91 Å². The molecule has 1 amide bonds. The largest absolute Gasteiger partial charge is 0.319 e. The summed E-state index contributed by atoms with van der Waals surface area (Å²) in [4.78, 5) is 38.2. The first-order chi connectivity index (χ1) is 13.6. The zero-order chi connectivity index (χ0) is 19.7. The van der Waals surface area contributed by atoms with Crippen molar-refractivity contribution >= 4 is 45.8 Å². The molecule has 0 aliphatic carbocycles. The van der Waals surface area contributed by atoms with Crippen LogP contribution in [0.2, 0.25) is 10.0 Å². The number of hydrogen-bond acceptors (Lipinski definition) is 5. The molecule has 138 valence electrons. The van der Waals surface area contributed by atoms with E-state index in [1.807, 2.05) is 0 Å². The first-order valence-corrected chi connectivity index (χ1v) is 8.84. The molecule has 4 heterocycles. The molecule has 0 atom stereocenters. The molecule has 0 spiro atoms. The van der Waals surface area contributed by atoms with Crippen molar-refractivity contribution in [3.63, 3.8) is 0 Å². The maximum absolute atomic E-state index is 12.9. The number of halogens is 2. The summed E-state index contributed by atoms with van der Waals surface area (Å²) in [6.07, 6.45) is 7.27. The van der Waals surface area contributed by atoms with Gasteiger partial charge < -0.3 is 5.32 Å². The lowest BCUT2D eigenvalue weighted by atomic mass is 10.1. The fourth-order valence-corrected chi connectivity index (χ4v) is 3.16. The second-order valence-corrected chi connectivity index (χ2v) is 6.55. The molecule has 0 aromatic carbocycles. The Balaban J connectivity index is 1.89. The van der Waals surface area contributed by atoms with E-state index < -0.39 is 11.3 Å². The van der Waals surface area contributed by atoms with E-state index >= 15 is 0 Å². The van der Waals surface area contributed by atoms with Crippen LogP contribution in [-0.2, 0) is 0 Å². The summed E-state index contributed by atoms with van der Waals surface area (Å²) in [5.74, 6) is -0.143. The van der Waals surface area contributed by atoms with E-state index in [1.54, 1.807) is 47.3 Å². The number of anilines is 1. The van der Waals surface area contributed by atoms with Crippen molar-refractivity contribution in [1.29, 1.82) is 0 Å². The molecular formula is C19H11Cl2N5O2. The zero-order valence-corrected chi connectivity index (χ0v) is 15.6. The quantitative estimate of drug-likeness (QED) is 0.554. The van der Waals surface area contributed by atoms with E-state index in [-0.39, 0.29) is 26.7 Å². The number of aromatic nitrogens is 4. The van der Waals surface area contributed by atoms with Crippen molar-refractivity contribution in [3.8, 4) is 5.82 Å². The maximum atomic E-state index is 12.9. The fourth-order valence-electron chi connectivity index (χ4n) is 2.70. The molecule has 1 N–H and O–H groups in total. The van der Waals surface area contributed by atoms with Crippen LogP contribution in [0.3, 0.4) is 0 Å². The predicted octanol–water partition coefficient (Wildman–Crippen LogP) is 3.73. The van der Waals surface area contributed by atoms with Gasteiger partial charge in [-0.15, -0.1) is 0 Å². The average Bonchev–Trinajstić information content (AvgIpc) is 2.72. The minimum Gasteiger partial charge on any atom is -0.319 e. The molecular weight excluding hydrogens is 401 g/mol. The Morgan fingerprint density at radius 1 is 1.00 bits per heavy atom. The van der Waals surface area contributed by atoms with Crippen LogP contribution in [0.4, 0.5) is 5.69 Å². The summed E-state index contributed by atoms with van der Waals surface area (Å²) in [6.45, 7) is 0. The average molecular weight is 412 g/mol. The van der Waals surface area contributed by atoms with Gasteiger partial charge in [-0.3, -0.25) is 19.1 Å². The molecule has 0 saturated carbocycles. The third-order valence-electron chi connectivity index (χ3n) is 3.99. The predicted molar refractivity (Wildman–Crippen MR) is 107 cm³/mol. The molecule has 0 radical (unpaired) electrons. The molecule has 4 rings (SSSR count). The van der Waals surface area contributed by atoms with Crippen LogP contribution in [0.25, 0.3) is 16.9 Å². The normalized spacial score (nSPS) is 10.8. The number of carbonyl (C=O) groups excluding carboxylic acids is 1. The van der Waals surface area contributed by atoms with E-state index in [1.165, 1.54) is 18.6 Å². The second kappa shape index (κ2) is 7.38. The van der Waals surface area contributed by atoms with Crippen molar-refractivity contribution in [3.05, 3.63) is 87.1 Å². The van der Waals surface area contributed by atoms with Crippen LogP contribution >= 0.6 is 23.2 Å². The molecule has 7 nitrogen and oxygen atoms in total. The summed E-state index contributed by atoms with van der Waals surface area (Å²) in [5, 5.41) is 3.19. The van der Waals surface area contributed by atoms with Gasteiger partial charge in [0, 0.05) is 31.0 Å². The maximum Gasteiger partial charge on any atom is 0.261 e. The van der Waals surface area contributed by atoms with Gasteiger partial charge in [0.15, 0.2) is 0 Å². The van der Waals surface area contributed by atoms with Crippen LogP contribution in [0.5, 0.6) is 0 Å². The number of carbonyl (C=O) groups is 1. The lowest BCUT2D eigenvalue weighted by molar-refractivity contribution is 0.102. The number of hydrogen-bond donors (Lipinski definition) is 1. The molecule has 4 aromatic heterocycles. The van der Waals surface area contributed by atoms with Crippen LogP contribution in [0.15, 0.2) is 66.1 Å². The molecule has 0 bridgehead atoms. The van der Waals surface area contributed by atoms with Gasteiger partial charge in [-0.1, -0.05) is 29.3 Å². The molecule has 9 heteroatoms. The van der Waals surface area contributed by atoms with Gasteiger partial charge in [0.05, 0.1) is 21.1 Å². The summed E-state index contributed by atoms with van der Waals surface area (Å²) >= 11 is 12.1. The van der Waals surface area contributed by atoms with E-state index in [4.69, 9.17) is 23.2 Å². The number of nitrogens with one attached hydrogen (secondary N) is 1. The zero-order valence-electron chi connectivity index (χ0n) is 14.1. The van der Waals surface area contributed by atoms with Crippen molar-refractivity contribution in [2.24, 2.45) is 0 Å². The van der Waals surface area contributed by atoms with E-state index in [9.17, 15) is 9.59 Å². The minimum atomic E-state index is -0.657. The molecule has 0 unspecified atom stereocenters. The smallest absolute Gasteiger partial charge is 0.261 e. The summed E-state index contributed by atoms with van der Waals surface area (Å²) in [7, 11) is 0. The van der Waals surface area contributed by atoms with Gasteiger partial charge in [-0.2, -0.15) is 0 Å². The number of fused-ring (bicyclic) bond motifs is 1. The van der Waals surface area contributed by atoms with Crippen molar-refractivity contribution in [2.45, 2.75) is 0 Å².